The number of Topliss-reactive ketones (excluding diaryl/α,β-unsaturated/α-hetero) is 1. The third kappa shape index (κ3) is 10.5. The third-order valence-electron chi connectivity index (χ3n) is 14.0. The first-order valence-electron chi connectivity index (χ1n) is 22.8. The zero-order valence-electron chi connectivity index (χ0n) is 38.2. The number of nitrogens with zero attached hydrogens (tertiary/aromatic N) is 4. The number of halogens is 2. The number of aromatic nitrogens is 1. The molecule has 1 N–H and O–H groups in total. The summed E-state index contributed by atoms with van der Waals surface area (Å²) in [5.41, 5.74) is -1.32. The standard InChI is InChI=1S/C47H65F2N5O9S/c1-29-10-8-9-11-31-24-47(31,44(58)51-64(59,60)46(6)14-15-46)25-39(55)37-22-33(27-54(37)43(57)35(30(2)20-29)23-41(56)63-45(3,4)5)62-42-34-13-12-32(61-7)21-36(34)38(26-50-42)53-18-16-52(17-19-53)28-40(48)49/h9,11-13,21,26,29-31,33,35,37,40H,8,10,14-20,22-25,27-28H2,1-7H3,(H,51,58)/b11-9-/t29-,30-,31-,33-,35+,37+,47-/m1/s1. The molecule has 3 aliphatic heterocycles. The highest BCUT2D eigenvalue weighted by Gasteiger charge is 2.63. The van der Waals surface area contributed by atoms with Crippen LogP contribution in [0.15, 0.2) is 36.5 Å². The van der Waals surface area contributed by atoms with Crippen molar-refractivity contribution in [3.8, 4) is 11.6 Å². The van der Waals surface area contributed by atoms with Crippen LogP contribution in [-0.4, -0.2) is 122 Å². The SMILES string of the molecule is COc1ccc2c(O[C@@H]3C[C@H]4C(=O)C[C@]5(C(=O)NS(=O)(=O)C6(C)CC6)C[C@H]5/C=C\CC[C@@H](C)C[C@@H](C)[C@H](CC(=O)OC(C)(C)C)C(=O)N4C3)ncc(N3CCN(CC(F)F)CC3)c2c1. The smallest absolute Gasteiger partial charge is 0.307 e. The van der Waals surface area contributed by atoms with Gasteiger partial charge < -0.3 is 24.0 Å². The lowest BCUT2D eigenvalue weighted by Crippen LogP contribution is -2.48. The Morgan fingerprint density at radius 2 is 1.77 bits per heavy atom. The van der Waals surface area contributed by atoms with Crippen LogP contribution in [0.1, 0.15) is 99.3 Å². The van der Waals surface area contributed by atoms with Crippen molar-refractivity contribution in [2.45, 2.75) is 128 Å². The number of methoxy groups -OCH3 is 1. The zero-order chi connectivity index (χ0) is 46.4. The topological polar surface area (TPSA) is 165 Å². The highest BCUT2D eigenvalue weighted by atomic mass is 32.2. The molecule has 0 bridgehead atoms. The lowest BCUT2D eigenvalue weighted by atomic mass is 9.82. The van der Waals surface area contributed by atoms with Crippen LogP contribution in [-0.2, 0) is 33.9 Å². The first-order chi connectivity index (χ1) is 30.1. The number of hydrogen-bond acceptors (Lipinski definition) is 12. The van der Waals surface area contributed by atoms with Crippen LogP contribution < -0.4 is 19.1 Å². The van der Waals surface area contributed by atoms with Crippen LogP contribution in [0.4, 0.5) is 14.5 Å². The summed E-state index contributed by atoms with van der Waals surface area (Å²) in [5.74, 6) is -2.43. The molecule has 64 heavy (non-hydrogen) atoms. The van der Waals surface area contributed by atoms with Crippen molar-refractivity contribution in [2.24, 2.45) is 29.1 Å². The number of carbonyl (C=O) groups excluding carboxylic acids is 4. The molecule has 1 aromatic carbocycles. The quantitative estimate of drug-likeness (QED) is 0.198. The molecule has 2 amide bonds. The molecule has 0 radical (unpaired) electrons. The number of rotatable bonds is 11. The molecule has 2 aromatic rings. The second-order valence-electron chi connectivity index (χ2n) is 20.2. The van der Waals surface area contributed by atoms with E-state index < -0.39 is 67.9 Å². The average molecular weight is 914 g/mol. The van der Waals surface area contributed by atoms with E-state index in [1.807, 2.05) is 31.2 Å². The number of fused-ring (bicyclic) bond motifs is 3. The Kier molecular flexibility index (Phi) is 13.7. The Morgan fingerprint density at radius 1 is 1.05 bits per heavy atom. The fourth-order valence-electron chi connectivity index (χ4n) is 9.83. The van der Waals surface area contributed by atoms with Gasteiger partial charge in [0.25, 0.3) is 6.43 Å². The number of hydrogen-bond donors (Lipinski definition) is 1. The molecule has 0 spiro atoms. The number of piperazine rings is 1. The van der Waals surface area contributed by atoms with Crippen LogP contribution in [0.5, 0.6) is 11.6 Å². The van der Waals surface area contributed by atoms with Crippen molar-refractivity contribution in [1.29, 1.82) is 0 Å². The molecule has 4 heterocycles. The predicted molar refractivity (Wildman–Crippen MR) is 238 cm³/mol. The molecule has 5 aliphatic rings. The maximum Gasteiger partial charge on any atom is 0.307 e. The van der Waals surface area contributed by atoms with Gasteiger partial charge in [0, 0.05) is 49.8 Å². The first kappa shape index (κ1) is 47.6. The van der Waals surface area contributed by atoms with Crippen LogP contribution in [0.25, 0.3) is 10.8 Å². The van der Waals surface area contributed by atoms with Crippen LogP contribution in [0.2, 0.25) is 0 Å². The number of allylic oxidation sites excluding steroid dienone is 2. The third-order valence-corrected chi connectivity index (χ3v) is 16.2. The Hall–Kier alpha value is -4.38. The van der Waals surface area contributed by atoms with Crippen LogP contribution in [0.3, 0.4) is 0 Å². The number of ether oxygens (including phenoxy) is 3. The number of nitrogens with one attached hydrogen (secondary N) is 1. The summed E-state index contributed by atoms with van der Waals surface area (Å²) in [6, 6.07) is 4.44. The van der Waals surface area contributed by atoms with Gasteiger partial charge in [-0.15, -0.1) is 0 Å². The lowest BCUT2D eigenvalue weighted by Gasteiger charge is -2.36. The maximum atomic E-state index is 15.1. The largest absolute Gasteiger partial charge is 0.497 e. The Morgan fingerprint density at radius 3 is 2.42 bits per heavy atom. The molecule has 7 rings (SSSR count). The van der Waals surface area contributed by atoms with E-state index in [1.54, 1.807) is 52.0 Å². The van der Waals surface area contributed by atoms with Crippen LogP contribution in [0, 0.1) is 29.1 Å². The van der Waals surface area contributed by atoms with Gasteiger partial charge >= 0.3 is 5.97 Å². The Balaban J connectivity index is 1.21. The summed E-state index contributed by atoms with van der Waals surface area (Å²) >= 11 is 0. The van der Waals surface area contributed by atoms with Gasteiger partial charge in [0.05, 0.1) is 60.6 Å². The number of sulfonamides is 1. The van der Waals surface area contributed by atoms with E-state index in [4.69, 9.17) is 19.2 Å². The molecule has 2 saturated heterocycles. The molecular formula is C47H65F2N5O9S. The number of carbonyl (C=O) groups is 4. The second-order valence-corrected chi connectivity index (χ2v) is 22.4. The fourth-order valence-corrected chi connectivity index (χ4v) is 11.2. The summed E-state index contributed by atoms with van der Waals surface area (Å²) in [5, 5.41) is 1.41. The van der Waals surface area contributed by atoms with E-state index in [0.717, 1.165) is 17.5 Å². The van der Waals surface area contributed by atoms with Gasteiger partial charge in [0.2, 0.25) is 27.7 Å². The van der Waals surface area contributed by atoms with E-state index >= 15 is 4.79 Å². The zero-order valence-corrected chi connectivity index (χ0v) is 39.1. The van der Waals surface area contributed by atoms with Gasteiger partial charge in [0.15, 0.2) is 5.78 Å². The average Bonchev–Trinajstić information content (AvgIpc) is 4.10. The maximum absolute atomic E-state index is 15.1. The minimum absolute atomic E-state index is 0.00916. The number of ketones is 1. The van der Waals surface area contributed by atoms with E-state index in [0.29, 0.717) is 63.0 Å². The molecule has 2 aliphatic carbocycles. The lowest BCUT2D eigenvalue weighted by molar-refractivity contribution is -0.160. The van der Waals surface area contributed by atoms with E-state index in [1.165, 1.54) is 4.90 Å². The van der Waals surface area contributed by atoms with Crippen molar-refractivity contribution in [3.63, 3.8) is 0 Å². The van der Waals surface area contributed by atoms with E-state index in [9.17, 15) is 31.6 Å². The minimum atomic E-state index is -4.00. The summed E-state index contributed by atoms with van der Waals surface area (Å²) in [4.78, 5) is 67.6. The first-order valence-corrected chi connectivity index (χ1v) is 24.3. The number of alkyl halides is 2. The molecule has 7 atom stereocenters. The molecule has 4 fully saturated rings. The summed E-state index contributed by atoms with van der Waals surface area (Å²) < 4.78 is 72.3. The Labute approximate surface area is 375 Å². The molecule has 2 saturated carbocycles. The van der Waals surface area contributed by atoms with Gasteiger partial charge in [-0.1, -0.05) is 26.0 Å². The number of esters is 1. The van der Waals surface area contributed by atoms with Crippen molar-refractivity contribution >= 4 is 50.1 Å². The van der Waals surface area contributed by atoms with Gasteiger partial charge in [-0.25, -0.2) is 22.2 Å². The molecule has 352 valence electrons. The molecule has 14 nitrogen and oxygen atoms in total. The van der Waals surface area contributed by atoms with Crippen molar-refractivity contribution in [1.82, 2.24) is 19.5 Å². The molecule has 17 heteroatoms. The van der Waals surface area contributed by atoms with E-state index in [-0.39, 0.29) is 68.3 Å². The predicted octanol–water partition coefficient (Wildman–Crippen LogP) is 6.30. The minimum Gasteiger partial charge on any atom is -0.497 e. The highest BCUT2D eigenvalue weighted by Crippen LogP contribution is 2.58. The Bertz CT molecular complexity index is 2240. The van der Waals surface area contributed by atoms with Crippen LogP contribution >= 0.6 is 0 Å². The van der Waals surface area contributed by atoms with Crippen molar-refractivity contribution in [2.75, 3.05) is 51.3 Å². The molecular weight excluding hydrogens is 849 g/mol. The number of anilines is 1. The van der Waals surface area contributed by atoms with Gasteiger partial charge in [-0.05, 0) is 102 Å². The number of pyridine rings is 1. The van der Waals surface area contributed by atoms with Crippen molar-refractivity contribution in [3.05, 3.63) is 36.5 Å². The van der Waals surface area contributed by atoms with Gasteiger partial charge in [-0.2, -0.15) is 0 Å². The monoisotopic (exact) mass is 913 g/mol. The summed E-state index contributed by atoms with van der Waals surface area (Å²) in [6.45, 7) is 12.6. The molecule has 0 unspecified atom stereocenters. The second kappa shape index (κ2) is 18.5. The summed E-state index contributed by atoms with van der Waals surface area (Å²) in [7, 11) is -2.43. The van der Waals surface area contributed by atoms with Gasteiger partial charge in [0.1, 0.15) is 17.5 Å². The molecule has 1 aromatic heterocycles. The summed E-state index contributed by atoms with van der Waals surface area (Å²) in [6.07, 6.45) is 5.33. The number of amides is 2. The fraction of sp³-hybridized carbons (Fsp3) is 0.681. The highest BCUT2D eigenvalue weighted by molar-refractivity contribution is 7.91. The number of benzene rings is 1. The van der Waals surface area contributed by atoms with E-state index in [2.05, 4.69) is 16.5 Å². The van der Waals surface area contributed by atoms with Crippen molar-refractivity contribution < 1.29 is 50.6 Å². The normalized spacial score (nSPS) is 29.6. The van der Waals surface area contributed by atoms with Gasteiger partial charge in [-0.3, -0.25) is 28.8 Å².